The average molecular weight is 326 g/mol. The molecule has 0 N–H and O–H groups in total. The number of hydrazone groups is 1. The molecule has 0 bridgehead atoms. The van der Waals surface area contributed by atoms with Crippen molar-refractivity contribution in [1.29, 1.82) is 0 Å². The average Bonchev–Trinajstić information content (AvgIpc) is 3.03. The highest BCUT2D eigenvalue weighted by Gasteiger charge is 2.21. The first-order valence-electron chi connectivity index (χ1n) is 7.50. The minimum atomic E-state index is 0.00912. The second-order valence-electron chi connectivity index (χ2n) is 5.36. The van der Waals surface area contributed by atoms with Crippen LogP contribution in [-0.4, -0.2) is 38.9 Å². The van der Waals surface area contributed by atoms with Gasteiger partial charge in [-0.05, 0) is 25.5 Å². The summed E-state index contributed by atoms with van der Waals surface area (Å²) in [5.74, 6) is 1.07. The Labute approximate surface area is 139 Å². The van der Waals surface area contributed by atoms with Crippen molar-refractivity contribution in [1.82, 2.24) is 15.0 Å². The molecule has 0 radical (unpaired) electrons. The third-order valence-corrected chi connectivity index (χ3v) is 4.38. The Bertz CT molecular complexity index is 725. The Balaban J connectivity index is 1.62. The summed E-state index contributed by atoms with van der Waals surface area (Å²) in [6.07, 6.45) is 0.798. The standard InChI is InChI=1S/C17H18N4OS/c1-12-10-16(19-13(2)18-12)23-11-17(22)21-9-8-15(20-21)14-6-4-3-5-7-14/h3-7,10H,8-9,11H2,1-2H3. The quantitative estimate of drug-likeness (QED) is 0.640. The SMILES string of the molecule is Cc1cc(SCC(=O)N2CCC(c3ccccc3)=N2)nc(C)n1. The summed E-state index contributed by atoms with van der Waals surface area (Å²) in [5, 5.41) is 6.85. The van der Waals surface area contributed by atoms with Gasteiger partial charge >= 0.3 is 0 Å². The van der Waals surface area contributed by atoms with Crippen LogP contribution in [0.3, 0.4) is 0 Å². The van der Waals surface area contributed by atoms with Gasteiger partial charge in [0.05, 0.1) is 18.0 Å². The zero-order valence-electron chi connectivity index (χ0n) is 13.2. The van der Waals surface area contributed by atoms with Gasteiger partial charge in [0.1, 0.15) is 10.9 Å². The predicted molar refractivity (Wildman–Crippen MR) is 91.5 cm³/mol. The molecule has 3 rings (SSSR count). The monoisotopic (exact) mass is 326 g/mol. The number of carbonyl (C=O) groups is 1. The highest BCUT2D eigenvalue weighted by molar-refractivity contribution is 7.99. The summed E-state index contributed by atoms with van der Waals surface area (Å²) >= 11 is 1.43. The molecule has 0 aliphatic carbocycles. The minimum absolute atomic E-state index is 0.00912. The van der Waals surface area contributed by atoms with Crippen LogP contribution in [0.1, 0.15) is 23.5 Å². The van der Waals surface area contributed by atoms with Gasteiger partial charge in [0.25, 0.3) is 5.91 Å². The normalized spacial score (nSPS) is 14.0. The molecule has 1 aliphatic heterocycles. The lowest BCUT2D eigenvalue weighted by Gasteiger charge is -2.11. The van der Waals surface area contributed by atoms with Gasteiger partial charge in [-0.15, -0.1) is 0 Å². The maximum absolute atomic E-state index is 12.3. The predicted octanol–water partition coefficient (Wildman–Crippen LogP) is 2.82. The fourth-order valence-electron chi connectivity index (χ4n) is 2.44. The number of carbonyl (C=O) groups excluding carboxylic acids is 1. The van der Waals surface area contributed by atoms with E-state index in [1.54, 1.807) is 5.01 Å². The lowest BCUT2D eigenvalue weighted by Crippen LogP contribution is -2.25. The maximum atomic E-state index is 12.3. The van der Waals surface area contributed by atoms with Gasteiger partial charge in [-0.2, -0.15) is 5.10 Å². The van der Waals surface area contributed by atoms with Crippen molar-refractivity contribution in [2.24, 2.45) is 5.10 Å². The molecule has 1 amide bonds. The summed E-state index contributed by atoms with van der Waals surface area (Å²) in [5.41, 5.74) is 2.97. The number of benzene rings is 1. The number of amides is 1. The molecule has 6 heteroatoms. The summed E-state index contributed by atoms with van der Waals surface area (Å²) in [4.78, 5) is 20.9. The van der Waals surface area contributed by atoms with Crippen LogP contribution in [0.4, 0.5) is 0 Å². The molecule has 0 saturated heterocycles. The molecule has 1 aliphatic rings. The van der Waals surface area contributed by atoms with Crippen LogP contribution in [0, 0.1) is 13.8 Å². The summed E-state index contributed by atoms with van der Waals surface area (Å²) in [6, 6.07) is 11.9. The number of rotatable bonds is 4. The van der Waals surface area contributed by atoms with Crippen molar-refractivity contribution in [3.8, 4) is 0 Å². The highest BCUT2D eigenvalue weighted by atomic mass is 32.2. The second kappa shape index (κ2) is 6.91. The van der Waals surface area contributed by atoms with Gasteiger partial charge in [-0.3, -0.25) is 4.79 Å². The Morgan fingerprint density at radius 1 is 1.22 bits per heavy atom. The number of hydrogen-bond acceptors (Lipinski definition) is 5. The molecule has 0 unspecified atom stereocenters. The highest BCUT2D eigenvalue weighted by Crippen LogP contribution is 2.19. The molecular formula is C17H18N4OS. The number of nitrogens with zero attached hydrogens (tertiary/aromatic N) is 4. The van der Waals surface area contributed by atoms with E-state index in [1.165, 1.54) is 11.8 Å². The number of aromatic nitrogens is 2. The van der Waals surface area contributed by atoms with Gasteiger partial charge in [-0.1, -0.05) is 42.1 Å². The molecule has 0 fully saturated rings. The topological polar surface area (TPSA) is 58.5 Å². The van der Waals surface area contributed by atoms with E-state index < -0.39 is 0 Å². The largest absolute Gasteiger partial charge is 0.272 e. The molecule has 0 atom stereocenters. The van der Waals surface area contributed by atoms with E-state index in [9.17, 15) is 4.79 Å². The van der Waals surface area contributed by atoms with Gasteiger partial charge in [0.2, 0.25) is 0 Å². The fraction of sp³-hybridized carbons (Fsp3) is 0.294. The van der Waals surface area contributed by atoms with E-state index in [0.717, 1.165) is 34.2 Å². The molecule has 2 aromatic rings. The van der Waals surface area contributed by atoms with Gasteiger partial charge in [0.15, 0.2) is 0 Å². The zero-order chi connectivity index (χ0) is 16.2. The van der Waals surface area contributed by atoms with E-state index in [2.05, 4.69) is 15.1 Å². The maximum Gasteiger partial charge on any atom is 0.253 e. The summed E-state index contributed by atoms with van der Waals surface area (Å²) in [7, 11) is 0. The van der Waals surface area contributed by atoms with Crippen molar-refractivity contribution in [2.75, 3.05) is 12.3 Å². The minimum Gasteiger partial charge on any atom is -0.272 e. The first-order valence-corrected chi connectivity index (χ1v) is 8.49. The molecule has 1 aromatic heterocycles. The van der Waals surface area contributed by atoms with Crippen LogP contribution in [0.2, 0.25) is 0 Å². The number of aryl methyl sites for hydroxylation is 2. The second-order valence-corrected chi connectivity index (χ2v) is 6.36. The van der Waals surface area contributed by atoms with Crippen LogP contribution < -0.4 is 0 Å². The van der Waals surface area contributed by atoms with Crippen molar-refractivity contribution in [3.05, 3.63) is 53.5 Å². The smallest absolute Gasteiger partial charge is 0.253 e. The first kappa shape index (κ1) is 15.7. The molecule has 2 heterocycles. The van der Waals surface area contributed by atoms with Gasteiger partial charge in [-0.25, -0.2) is 15.0 Å². The van der Waals surface area contributed by atoms with E-state index in [1.807, 2.05) is 50.2 Å². The van der Waals surface area contributed by atoms with Crippen LogP contribution in [0.5, 0.6) is 0 Å². The lowest BCUT2D eigenvalue weighted by molar-refractivity contribution is -0.127. The third kappa shape index (κ3) is 3.96. The summed E-state index contributed by atoms with van der Waals surface area (Å²) in [6.45, 7) is 4.43. The van der Waals surface area contributed by atoms with Crippen LogP contribution in [-0.2, 0) is 4.79 Å². The molecule has 5 nitrogen and oxygen atoms in total. The van der Waals surface area contributed by atoms with Crippen LogP contribution in [0.15, 0.2) is 46.5 Å². The fourth-order valence-corrected chi connectivity index (χ4v) is 3.31. The molecule has 118 valence electrons. The Kier molecular flexibility index (Phi) is 4.71. The third-order valence-electron chi connectivity index (χ3n) is 3.48. The lowest BCUT2D eigenvalue weighted by atomic mass is 10.1. The van der Waals surface area contributed by atoms with E-state index in [4.69, 9.17) is 0 Å². The molecular weight excluding hydrogens is 308 g/mol. The molecule has 0 spiro atoms. The van der Waals surface area contributed by atoms with Crippen LogP contribution in [0.25, 0.3) is 0 Å². The molecule has 1 aromatic carbocycles. The van der Waals surface area contributed by atoms with Crippen molar-refractivity contribution in [2.45, 2.75) is 25.3 Å². The van der Waals surface area contributed by atoms with Crippen LogP contribution >= 0.6 is 11.8 Å². The van der Waals surface area contributed by atoms with E-state index in [-0.39, 0.29) is 5.91 Å². The van der Waals surface area contributed by atoms with Gasteiger partial charge in [0, 0.05) is 12.1 Å². The van der Waals surface area contributed by atoms with Crippen molar-refractivity contribution < 1.29 is 4.79 Å². The summed E-state index contributed by atoms with van der Waals surface area (Å²) < 4.78 is 0. The number of hydrogen-bond donors (Lipinski definition) is 0. The van der Waals surface area contributed by atoms with Crippen molar-refractivity contribution >= 4 is 23.4 Å². The molecule has 0 saturated carbocycles. The van der Waals surface area contributed by atoms with E-state index in [0.29, 0.717) is 12.3 Å². The number of thioether (sulfide) groups is 1. The Morgan fingerprint density at radius 2 is 2.00 bits per heavy atom. The zero-order valence-corrected chi connectivity index (χ0v) is 14.0. The molecule has 23 heavy (non-hydrogen) atoms. The van der Waals surface area contributed by atoms with Gasteiger partial charge < -0.3 is 0 Å². The van der Waals surface area contributed by atoms with E-state index >= 15 is 0 Å². The Hall–Kier alpha value is -2.21. The first-order chi connectivity index (χ1) is 11.1. The van der Waals surface area contributed by atoms with Crippen molar-refractivity contribution in [3.63, 3.8) is 0 Å². The Morgan fingerprint density at radius 3 is 2.74 bits per heavy atom.